The second kappa shape index (κ2) is 5.74. The highest BCUT2D eigenvalue weighted by atomic mass is 19.1. The molecule has 0 bridgehead atoms. The first kappa shape index (κ1) is 13.4. The number of nitrogens with zero attached hydrogens (tertiary/aromatic N) is 1. The number of aliphatic imine (C=N–C) groups is 1. The smallest absolute Gasteiger partial charge is 0.126 e. The van der Waals surface area contributed by atoms with Crippen molar-refractivity contribution in [1.29, 1.82) is 0 Å². The van der Waals surface area contributed by atoms with E-state index in [1.807, 2.05) is 37.3 Å². The molecule has 0 fully saturated rings. The number of halogens is 2. The lowest BCUT2D eigenvalue weighted by atomic mass is 10.1. The zero-order valence-corrected chi connectivity index (χ0v) is 10.9. The van der Waals surface area contributed by atoms with Gasteiger partial charge in [0.2, 0.25) is 0 Å². The van der Waals surface area contributed by atoms with Crippen LogP contribution in [0.1, 0.15) is 31.0 Å². The average molecular weight is 259 g/mol. The zero-order chi connectivity index (χ0) is 13.8. The summed E-state index contributed by atoms with van der Waals surface area (Å²) in [5.74, 6) is -1.17. The van der Waals surface area contributed by atoms with Gasteiger partial charge in [-0.1, -0.05) is 30.3 Å². The minimum Gasteiger partial charge on any atom is -0.282 e. The van der Waals surface area contributed by atoms with Crippen LogP contribution in [0.25, 0.3) is 0 Å². The topological polar surface area (TPSA) is 12.4 Å². The van der Waals surface area contributed by atoms with E-state index in [0.29, 0.717) is 11.3 Å². The van der Waals surface area contributed by atoms with Crippen LogP contribution in [0.4, 0.5) is 8.78 Å². The van der Waals surface area contributed by atoms with E-state index in [1.165, 1.54) is 12.1 Å². The second-order valence-electron chi connectivity index (χ2n) is 4.46. The van der Waals surface area contributed by atoms with Gasteiger partial charge >= 0.3 is 0 Å². The van der Waals surface area contributed by atoms with E-state index in [4.69, 9.17) is 0 Å². The van der Waals surface area contributed by atoms with Crippen LogP contribution < -0.4 is 0 Å². The normalized spacial score (nSPS) is 13.4. The molecule has 0 unspecified atom stereocenters. The Morgan fingerprint density at radius 3 is 2.16 bits per heavy atom. The van der Waals surface area contributed by atoms with Gasteiger partial charge in [0.05, 0.1) is 6.04 Å². The zero-order valence-electron chi connectivity index (χ0n) is 10.9. The molecule has 98 valence electrons. The Morgan fingerprint density at radius 1 is 1.00 bits per heavy atom. The van der Waals surface area contributed by atoms with Crippen molar-refractivity contribution in [2.75, 3.05) is 0 Å². The van der Waals surface area contributed by atoms with Gasteiger partial charge in [0.1, 0.15) is 11.6 Å². The fourth-order valence-corrected chi connectivity index (χ4v) is 1.93. The molecule has 2 aromatic rings. The van der Waals surface area contributed by atoms with Gasteiger partial charge in [-0.25, -0.2) is 8.78 Å². The highest BCUT2D eigenvalue weighted by Gasteiger charge is 2.07. The predicted octanol–water partition coefficient (Wildman–Crippen LogP) is 4.54. The molecule has 0 spiro atoms. The van der Waals surface area contributed by atoms with E-state index in [9.17, 15) is 8.78 Å². The summed E-state index contributed by atoms with van der Waals surface area (Å²) in [5.41, 5.74) is 2.16. The molecule has 0 saturated heterocycles. The van der Waals surface area contributed by atoms with E-state index >= 15 is 0 Å². The van der Waals surface area contributed by atoms with Crippen molar-refractivity contribution in [2.24, 2.45) is 4.99 Å². The summed E-state index contributed by atoms with van der Waals surface area (Å²) < 4.78 is 26.3. The second-order valence-corrected chi connectivity index (χ2v) is 4.46. The maximum Gasteiger partial charge on any atom is 0.126 e. The maximum absolute atomic E-state index is 13.2. The lowest BCUT2D eigenvalue weighted by Crippen LogP contribution is -2.00. The van der Waals surface area contributed by atoms with Crippen LogP contribution in [0, 0.1) is 11.6 Å². The Balaban J connectivity index is 2.28. The summed E-state index contributed by atoms with van der Waals surface area (Å²) in [4.78, 5) is 4.48. The van der Waals surface area contributed by atoms with Crippen molar-refractivity contribution in [2.45, 2.75) is 19.9 Å². The van der Waals surface area contributed by atoms with Crippen molar-refractivity contribution in [3.8, 4) is 0 Å². The first-order valence-electron chi connectivity index (χ1n) is 6.12. The molecule has 0 N–H and O–H groups in total. The SMILES string of the molecule is CC(=N[C@@H](C)c1ccccc1)c1cc(F)cc(F)c1. The van der Waals surface area contributed by atoms with Gasteiger partial charge in [0.15, 0.2) is 0 Å². The predicted molar refractivity (Wildman–Crippen MR) is 73.4 cm³/mol. The highest BCUT2D eigenvalue weighted by molar-refractivity contribution is 5.98. The minimum absolute atomic E-state index is 0.0486. The van der Waals surface area contributed by atoms with E-state index in [-0.39, 0.29) is 6.04 Å². The Labute approximate surface area is 111 Å². The minimum atomic E-state index is -0.586. The highest BCUT2D eigenvalue weighted by Crippen LogP contribution is 2.18. The van der Waals surface area contributed by atoms with Gasteiger partial charge in [-0.05, 0) is 31.5 Å². The Bertz CT molecular complexity index is 571. The third kappa shape index (κ3) is 3.47. The molecule has 0 aromatic heterocycles. The van der Waals surface area contributed by atoms with Crippen LogP contribution in [0.3, 0.4) is 0 Å². The fraction of sp³-hybridized carbons (Fsp3) is 0.188. The van der Waals surface area contributed by atoms with Gasteiger partial charge in [-0.2, -0.15) is 0 Å². The van der Waals surface area contributed by atoms with Crippen molar-refractivity contribution in [3.05, 3.63) is 71.3 Å². The molecule has 0 aliphatic carbocycles. The summed E-state index contributed by atoms with van der Waals surface area (Å²) in [5, 5.41) is 0. The molecule has 1 nitrogen and oxygen atoms in total. The van der Waals surface area contributed by atoms with Crippen LogP contribution in [0.15, 0.2) is 53.5 Å². The number of hydrogen-bond donors (Lipinski definition) is 0. The summed E-state index contributed by atoms with van der Waals surface area (Å²) in [7, 11) is 0. The molecule has 2 aromatic carbocycles. The van der Waals surface area contributed by atoms with Crippen LogP contribution >= 0.6 is 0 Å². The molecule has 0 aliphatic heterocycles. The molecule has 0 saturated carbocycles. The molecular formula is C16H15F2N. The van der Waals surface area contributed by atoms with E-state index in [2.05, 4.69) is 4.99 Å². The van der Waals surface area contributed by atoms with Crippen molar-refractivity contribution < 1.29 is 8.78 Å². The van der Waals surface area contributed by atoms with Crippen molar-refractivity contribution >= 4 is 5.71 Å². The Morgan fingerprint density at radius 2 is 1.58 bits per heavy atom. The van der Waals surface area contributed by atoms with Gasteiger partial charge in [-0.15, -0.1) is 0 Å². The van der Waals surface area contributed by atoms with Gasteiger partial charge in [0.25, 0.3) is 0 Å². The number of rotatable bonds is 3. The van der Waals surface area contributed by atoms with Gasteiger partial charge < -0.3 is 0 Å². The molecule has 0 heterocycles. The van der Waals surface area contributed by atoms with Gasteiger partial charge in [0, 0.05) is 17.3 Å². The lowest BCUT2D eigenvalue weighted by Gasteiger charge is -2.09. The molecular weight excluding hydrogens is 244 g/mol. The van der Waals surface area contributed by atoms with Crippen LogP contribution in [0.2, 0.25) is 0 Å². The van der Waals surface area contributed by atoms with Crippen molar-refractivity contribution in [1.82, 2.24) is 0 Å². The van der Waals surface area contributed by atoms with E-state index < -0.39 is 11.6 Å². The van der Waals surface area contributed by atoms with Crippen LogP contribution in [-0.4, -0.2) is 5.71 Å². The Kier molecular flexibility index (Phi) is 4.05. The average Bonchev–Trinajstić information content (AvgIpc) is 2.38. The first-order chi connectivity index (χ1) is 9.06. The maximum atomic E-state index is 13.2. The number of hydrogen-bond acceptors (Lipinski definition) is 1. The summed E-state index contributed by atoms with van der Waals surface area (Å²) in [6, 6.07) is 13.2. The third-order valence-corrected chi connectivity index (χ3v) is 2.95. The van der Waals surface area contributed by atoms with Crippen LogP contribution in [-0.2, 0) is 0 Å². The molecule has 1 atom stereocenters. The monoisotopic (exact) mass is 259 g/mol. The molecule has 19 heavy (non-hydrogen) atoms. The van der Waals surface area contributed by atoms with Gasteiger partial charge in [-0.3, -0.25) is 4.99 Å². The molecule has 2 rings (SSSR count). The molecule has 0 aliphatic rings. The summed E-state index contributed by atoms with van der Waals surface area (Å²) in [6.45, 7) is 3.71. The van der Waals surface area contributed by atoms with Crippen LogP contribution in [0.5, 0.6) is 0 Å². The number of benzene rings is 2. The standard InChI is InChI=1S/C16H15F2N/c1-11(13-6-4-3-5-7-13)19-12(2)14-8-15(17)10-16(18)9-14/h3-11H,1-2H3/t11-/m0/s1. The fourth-order valence-electron chi connectivity index (χ4n) is 1.93. The van der Waals surface area contributed by atoms with Crippen molar-refractivity contribution in [3.63, 3.8) is 0 Å². The summed E-state index contributed by atoms with van der Waals surface area (Å²) in [6.07, 6.45) is 0. The quantitative estimate of drug-likeness (QED) is 0.718. The molecule has 0 radical (unpaired) electrons. The third-order valence-electron chi connectivity index (χ3n) is 2.95. The lowest BCUT2D eigenvalue weighted by molar-refractivity contribution is 0.582. The molecule has 0 amide bonds. The molecule has 3 heteroatoms. The first-order valence-corrected chi connectivity index (χ1v) is 6.12. The summed E-state index contributed by atoms with van der Waals surface area (Å²) >= 11 is 0. The Hall–Kier alpha value is -2.03. The van der Waals surface area contributed by atoms with E-state index in [0.717, 1.165) is 11.6 Å². The largest absolute Gasteiger partial charge is 0.282 e. The van der Waals surface area contributed by atoms with E-state index in [1.54, 1.807) is 6.92 Å².